The number of ether oxygens (including phenoxy) is 1. The van der Waals surface area contributed by atoms with Gasteiger partial charge in [0.05, 0.1) is 17.7 Å². The maximum absolute atomic E-state index is 13.9. The molecule has 3 aromatic rings. The van der Waals surface area contributed by atoms with E-state index in [9.17, 15) is 28.3 Å². The normalized spacial score (nSPS) is 13.1. The van der Waals surface area contributed by atoms with Gasteiger partial charge in [0.15, 0.2) is 11.4 Å². The number of nitrogens with one attached hydrogen (secondary N) is 1. The molecule has 3 heterocycles. The molecule has 2 N–H and O–H groups in total. The molecule has 0 aliphatic carbocycles. The number of halogens is 2. The van der Waals surface area contributed by atoms with Gasteiger partial charge in [0.25, 0.3) is 11.8 Å². The Kier molecular flexibility index (Phi) is 7.60. The third-order valence-electron chi connectivity index (χ3n) is 5.60. The number of aromatic hydroxyl groups is 1. The van der Waals surface area contributed by atoms with Crippen LogP contribution in [0.15, 0.2) is 40.1 Å². The first-order valence-electron chi connectivity index (χ1n) is 10.9. The number of thiazole rings is 1. The summed E-state index contributed by atoms with van der Waals surface area (Å²) in [5.41, 5.74) is 0.590. The summed E-state index contributed by atoms with van der Waals surface area (Å²) < 4.78 is 33.4. The molecular weight excluding hydrogens is 496 g/mol. The van der Waals surface area contributed by atoms with E-state index in [1.165, 1.54) is 33.2 Å². The molecule has 0 unspecified atom stereocenters. The summed E-state index contributed by atoms with van der Waals surface area (Å²) in [6.07, 6.45) is 1.71. The van der Waals surface area contributed by atoms with Gasteiger partial charge in [-0.15, -0.1) is 11.3 Å². The van der Waals surface area contributed by atoms with Crippen LogP contribution in [0.2, 0.25) is 0 Å². The molecule has 36 heavy (non-hydrogen) atoms. The molecule has 1 aliphatic heterocycles. The van der Waals surface area contributed by atoms with Crippen LogP contribution in [0.4, 0.5) is 8.78 Å². The Labute approximate surface area is 208 Å². The minimum Gasteiger partial charge on any atom is -0.502 e. The Balaban J connectivity index is 1.66. The predicted octanol–water partition coefficient (Wildman–Crippen LogP) is 1.81. The lowest BCUT2D eigenvalue weighted by Gasteiger charge is -2.39. The number of hydrogen-bond donors (Lipinski definition) is 2. The van der Waals surface area contributed by atoms with Gasteiger partial charge in [-0.25, -0.2) is 13.8 Å². The van der Waals surface area contributed by atoms with Crippen LogP contribution < -0.4 is 15.8 Å². The second kappa shape index (κ2) is 10.8. The van der Waals surface area contributed by atoms with E-state index in [4.69, 9.17) is 4.74 Å². The van der Waals surface area contributed by atoms with Crippen molar-refractivity contribution >= 4 is 23.2 Å². The van der Waals surface area contributed by atoms with Gasteiger partial charge in [-0.2, -0.15) is 0 Å². The maximum Gasteiger partial charge on any atom is 0.277 e. The number of aromatic nitrogens is 2. The van der Waals surface area contributed by atoms with E-state index < -0.39 is 40.2 Å². The van der Waals surface area contributed by atoms with Crippen molar-refractivity contribution in [3.05, 3.63) is 79.7 Å². The van der Waals surface area contributed by atoms with Crippen molar-refractivity contribution in [2.75, 3.05) is 31.9 Å². The fraction of sp³-hybridized carbons (Fsp3) is 0.304. The zero-order valence-electron chi connectivity index (χ0n) is 19.2. The number of methoxy groups -OCH3 is 1. The molecule has 4 rings (SSSR count). The molecule has 2 amide bonds. The van der Waals surface area contributed by atoms with Gasteiger partial charge in [-0.3, -0.25) is 24.1 Å². The molecule has 2 aromatic heterocycles. The maximum atomic E-state index is 13.9. The van der Waals surface area contributed by atoms with E-state index in [2.05, 4.69) is 10.3 Å². The number of amides is 2. The summed E-state index contributed by atoms with van der Waals surface area (Å²) in [5, 5.41) is 16.6. The topological polar surface area (TPSA) is 117 Å². The average Bonchev–Trinajstić information content (AvgIpc) is 3.36. The second-order valence-electron chi connectivity index (χ2n) is 8.03. The number of hydrogen-bond acceptors (Lipinski definition) is 8. The Bertz CT molecular complexity index is 1330. The number of fused-ring (bicyclic) bond motifs is 1. The SMILES string of the molecule is COCCCN1CN(Cc2cscn2)n2cc(C(=O)NCc3ccc(F)cc3F)c(=O)c(O)c2C1=O. The molecule has 190 valence electrons. The summed E-state index contributed by atoms with van der Waals surface area (Å²) in [4.78, 5) is 44.6. The van der Waals surface area contributed by atoms with Gasteiger partial charge in [0.2, 0.25) is 5.43 Å². The molecule has 10 nitrogen and oxygen atoms in total. The van der Waals surface area contributed by atoms with E-state index in [0.29, 0.717) is 31.3 Å². The van der Waals surface area contributed by atoms with E-state index in [-0.39, 0.29) is 31.0 Å². The van der Waals surface area contributed by atoms with Crippen LogP contribution in [0.5, 0.6) is 5.75 Å². The molecule has 1 aliphatic rings. The van der Waals surface area contributed by atoms with Crippen LogP contribution >= 0.6 is 11.3 Å². The average molecular weight is 520 g/mol. The minimum atomic E-state index is -1.04. The Morgan fingerprint density at radius 3 is 2.81 bits per heavy atom. The number of rotatable bonds is 9. The summed E-state index contributed by atoms with van der Waals surface area (Å²) in [6.45, 7) is 0.759. The fourth-order valence-corrected chi connectivity index (χ4v) is 4.34. The number of nitrogens with zero attached hydrogens (tertiary/aromatic N) is 4. The third-order valence-corrected chi connectivity index (χ3v) is 6.23. The van der Waals surface area contributed by atoms with Crippen LogP contribution in [0.25, 0.3) is 0 Å². The first kappa shape index (κ1) is 25.3. The van der Waals surface area contributed by atoms with Gasteiger partial charge in [-0.05, 0) is 12.5 Å². The Hall–Kier alpha value is -3.84. The highest BCUT2D eigenvalue weighted by Gasteiger charge is 2.34. The number of pyridine rings is 1. The van der Waals surface area contributed by atoms with Gasteiger partial charge in [0, 0.05) is 50.0 Å². The van der Waals surface area contributed by atoms with E-state index in [0.717, 1.165) is 6.07 Å². The molecule has 0 atom stereocenters. The van der Waals surface area contributed by atoms with Gasteiger partial charge < -0.3 is 20.1 Å². The van der Waals surface area contributed by atoms with Crippen molar-refractivity contribution in [1.82, 2.24) is 19.9 Å². The molecule has 0 saturated heterocycles. The molecule has 0 saturated carbocycles. The molecule has 0 radical (unpaired) electrons. The van der Waals surface area contributed by atoms with Crippen molar-refractivity contribution in [2.24, 2.45) is 0 Å². The van der Waals surface area contributed by atoms with Gasteiger partial charge in [0.1, 0.15) is 23.9 Å². The summed E-state index contributed by atoms with van der Waals surface area (Å²) in [7, 11) is 1.55. The van der Waals surface area contributed by atoms with Crippen LogP contribution in [0, 0.1) is 11.6 Å². The van der Waals surface area contributed by atoms with E-state index in [1.807, 2.05) is 5.38 Å². The summed E-state index contributed by atoms with van der Waals surface area (Å²) in [5.74, 6) is -3.95. The standard InChI is InChI=1S/C23H23F2N5O5S/c1-35-6-2-5-28-13-29(9-16-11-36-12-27-16)30-10-17(20(31)21(32)19(30)23(28)34)22(33)26-8-14-3-4-15(24)7-18(14)25/h3-4,7,10-12,32H,2,5-6,8-9,13H2,1H3,(H,26,33). The van der Waals surface area contributed by atoms with Crippen molar-refractivity contribution < 1.29 is 28.2 Å². The number of benzene rings is 1. The van der Waals surface area contributed by atoms with E-state index >= 15 is 0 Å². The van der Waals surface area contributed by atoms with Crippen LogP contribution in [0.1, 0.15) is 38.5 Å². The quantitative estimate of drug-likeness (QED) is 0.414. The zero-order chi connectivity index (χ0) is 25.8. The minimum absolute atomic E-state index is 0.0130. The molecular formula is C23H23F2N5O5S. The molecule has 0 fully saturated rings. The molecule has 0 bridgehead atoms. The highest BCUT2D eigenvalue weighted by atomic mass is 32.1. The highest BCUT2D eigenvalue weighted by Crippen LogP contribution is 2.23. The van der Waals surface area contributed by atoms with Crippen LogP contribution in [-0.4, -0.2) is 58.4 Å². The summed E-state index contributed by atoms with van der Waals surface area (Å²) >= 11 is 1.39. The smallest absolute Gasteiger partial charge is 0.277 e. The van der Waals surface area contributed by atoms with Crippen molar-refractivity contribution in [3.63, 3.8) is 0 Å². The van der Waals surface area contributed by atoms with Crippen LogP contribution in [0.3, 0.4) is 0 Å². The van der Waals surface area contributed by atoms with Crippen molar-refractivity contribution in [3.8, 4) is 5.75 Å². The lowest BCUT2D eigenvalue weighted by atomic mass is 10.1. The Morgan fingerprint density at radius 2 is 2.11 bits per heavy atom. The highest BCUT2D eigenvalue weighted by molar-refractivity contribution is 7.07. The van der Waals surface area contributed by atoms with Crippen molar-refractivity contribution in [2.45, 2.75) is 19.5 Å². The predicted molar refractivity (Wildman–Crippen MR) is 126 cm³/mol. The van der Waals surface area contributed by atoms with Gasteiger partial charge in [-0.1, -0.05) is 6.07 Å². The van der Waals surface area contributed by atoms with E-state index in [1.54, 1.807) is 17.6 Å². The Morgan fingerprint density at radius 1 is 1.31 bits per heavy atom. The van der Waals surface area contributed by atoms with Crippen LogP contribution in [-0.2, 0) is 17.8 Å². The van der Waals surface area contributed by atoms with Crippen molar-refractivity contribution in [1.29, 1.82) is 0 Å². The molecule has 1 aromatic carbocycles. The zero-order valence-corrected chi connectivity index (χ0v) is 20.1. The first-order chi connectivity index (χ1) is 17.3. The lowest BCUT2D eigenvalue weighted by molar-refractivity contribution is 0.0663. The summed E-state index contributed by atoms with van der Waals surface area (Å²) in [6, 6.07) is 2.90. The fourth-order valence-electron chi connectivity index (χ4n) is 3.79. The number of carbonyl (C=O) groups excluding carboxylic acids is 2. The largest absolute Gasteiger partial charge is 0.502 e. The molecule has 0 spiro atoms. The first-order valence-corrected chi connectivity index (χ1v) is 11.9. The number of carbonyl (C=O) groups is 2. The second-order valence-corrected chi connectivity index (χ2v) is 8.75. The third kappa shape index (κ3) is 5.21. The molecule has 13 heteroatoms. The lowest BCUT2D eigenvalue weighted by Crippen LogP contribution is -2.54. The van der Waals surface area contributed by atoms with Gasteiger partial charge >= 0.3 is 0 Å². The monoisotopic (exact) mass is 519 g/mol.